The molecule has 2 heterocycles. The SMILES string of the molecule is CCCCOc1ccc([C@H]2C(=C(O)c3ccc4c(c3)C[C@@H](C)O4)C(=O)C(=O)N2CCc2ccccc2)cc1OC. The zero-order valence-electron chi connectivity index (χ0n) is 23.2. The summed E-state index contributed by atoms with van der Waals surface area (Å²) in [6.45, 7) is 4.95. The van der Waals surface area contributed by atoms with E-state index in [1.807, 2.05) is 49.4 Å². The summed E-state index contributed by atoms with van der Waals surface area (Å²) in [7, 11) is 1.56. The number of hydrogen-bond donors (Lipinski definition) is 1. The number of methoxy groups -OCH3 is 1. The highest BCUT2D eigenvalue weighted by Gasteiger charge is 2.46. The van der Waals surface area contributed by atoms with Gasteiger partial charge in [0.2, 0.25) is 0 Å². The van der Waals surface area contributed by atoms with E-state index in [0.717, 1.165) is 29.7 Å². The van der Waals surface area contributed by atoms with Crippen molar-refractivity contribution in [2.24, 2.45) is 0 Å². The van der Waals surface area contributed by atoms with Crippen LogP contribution in [0.5, 0.6) is 17.2 Å². The number of benzene rings is 3. The van der Waals surface area contributed by atoms with Crippen molar-refractivity contribution in [3.8, 4) is 17.2 Å². The van der Waals surface area contributed by atoms with Gasteiger partial charge in [-0.3, -0.25) is 9.59 Å². The lowest BCUT2D eigenvalue weighted by atomic mass is 9.94. The molecule has 2 aliphatic rings. The standard InChI is InChI=1S/C33H35NO6/c1-4-5-17-39-27-14-11-23(20-28(27)38-3)30-29(31(35)24-12-13-26-25(19-24)18-21(2)40-26)32(36)33(37)34(30)16-15-22-9-7-6-8-10-22/h6-14,19-21,30,35H,4-5,15-18H2,1-3H3/t21-,30+/m1/s1. The number of fused-ring (bicyclic) bond motifs is 1. The highest BCUT2D eigenvalue weighted by molar-refractivity contribution is 6.46. The van der Waals surface area contributed by atoms with E-state index in [2.05, 4.69) is 6.92 Å². The Labute approximate surface area is 235 Å². The second-order valence-electron chi connectivity index (χ2n) is 10.3. The van der Waals surface area contributed by atoms with Gasteiger partial charge >= 0.3 is 0 Å². The summed E-state index contributed by atoms with van der Waals surface area (Å²) in [5, 5.41) is 11.5. The molecule has 0 saturated carbocycles. The van der Waals surface area contributed by atoms with Crippen LogP contribution in [0.15, 0.2) is 72.3 Å². The van der Waals surface area contributed by atoms with Crippen molar-refractivity contribution in [3.05, 3.63) is 94.6 Å². The fraction of sp³-hybridized carbons (Fsp3) is 0.333. The number of aliphatic hydroxyl groups is 1. The number of likely N-dealkylation sites (tertiary alicyclic amines) is 1. The number of unbranched alkanes of at least 4 members (excludes halogenated alkanes) is 1. The van der Waals surface area contributed by atoms with Crippen molar-refractivity contribution in [2.75, 3.05) is 20.3 Å². The zero-order chi connectivity index (χ0) is 28.2. The minimum Gasteiger partial charge on any atom is -0.507 e. The number of carbonyl (C=O) groups is 2. The molecule has 2 aliphatic heterocycles. The maximum Gasteiger partial charge on any atom is 0.295 e. The van der Waals surface area contributed by atoms with Gasteiger partial charge in [0.25, 0.3) is 11.7 Å². The average Bonchev–Trinajstić information content (AvgIpc) is 3.47. The van der Waals surface area contributed by atoms with Gasteiger partial charge in [0.05, 0.1) is 25.3 Å². The highest BCUT2D eigenvalue weighted by Crippen LogP contribution is 2.43. The Balaban J connectivity index is 1.57. The number of ketones is 1. The van der Waals surface area contributed by atoms with Gasteiger partial charge in [-0.2, -0.15) is 0 Å². The molecule has 7 nitrogen and oxygen atoms in total. The average molecular weight is 542 g/mol. The quantitative estimate of drug-likeness (QED) is 0.150. The van der Waals surface area contributed by atoms with Crippen molar-refractivity contribution in [2.45, 2.75) is 51.7 Å². The molecule has 0 spiro atoms. The summed E-state index contributed by atoms with van der Waals surface area (Å²) in [5.74, 6) is 0.327. The zero-order valence-corrected chi connectivity index (χ0v) is 23.2. The number of nitrogens with zero attached hydrogens (tertiary/aromatic N) is 1. The molecule has 1 amide bonds. The molecule has 0 radical (unpaired) electrons. The monoisotopic (exact) mass is 541 g/mol. The maximum absolute atomic E-state index is 13.5. The second kappa shape index (κ2) is 11.9. The molecule has 1 N–H and O–H groups in total. The molecule has 2 atom stereocenters. The largest absolute Gasteiger partial charge is 0.507 e. The minimum absolute atomic E-state index is 0.0430. The third-order valence-corrected chi connectivity index (χ3v) is 7.45. The molecule has 208 valence electrons. The van der Waals surface area contributed by atoms with Gasteiger partial charge in [-0.25, -0.2) is 0 Å². The predicted molar refractivity (Wildman–Crippen MR) is 153 cm³/mol. The van der Waals surface area contributed by atoms with E-state index in [4.69, 9.17) is 14.2 Å². The smallest absolute Gasteiger partial charge is 0.295 e. The number of Topliss-reactive ketones (excluding diaryl/α,β-unsaturated/α-hetero) is 1. The van der Waals surface area contributed by atoms with E-state index in [0.29, 0.717) is 48.6 Å². The normalized spacial score (nSPS) is 19.4. The molecule has 5 rings (SSSR count). The molecule has 3 aromatic rings. The Morgan fingerprint density at radius 2 is 1.85 bits per heavy atom. The van der Waals surface area contributed by atoms with Crippen LogP contribution >= 0.6 is 0 Å². The van der Waals surface area contributed by atoms with Gasteiger partial charge in [-0.1, -0.05) is 49.7 Å². The summed E-state index contributed by atoms with van der Waals surface area (Å²) < 4.78 is 17.3. The van der Waals surface area contributed by atoms with Gasteiger partial charge in [0.1, 0.15) is 17.6 Å². The molecule has 3 aromatic carbocycles. The van der Waals surface area contributed by atoms with Crippen LogP contribution in [0.25, 0.3) is 5.76 Å². The van der Waals surface area contributed by atoms with E-state index < -0.39 is 17.7 Å². The third kappa shape index (κ3) is 5.41. The lowest BCUT2D eigenvalue weighted by Gasteiger charge is -2.26. The Kier molecular flexibility index (Phi) is 8.10. The van der Waals surface area contributed by atoms with Crippen molar-refractivity contribution in [1.29, 1.82) is 0 Å². The molecule has 0 aliphatic carbocycles. The molecular weight excluding hydrogens is 506 g/mol. The summed E-state index contributed by atoms with van der Waals surface area (Å²) >= 11 is 0. The molecule has 40 heavy (non-hydrogen) atoms. The van der Waals surface area contributed by atoms with Crippen molar-refractivity contribution < 1.29 is 28.9 Å². The topological polar surface area (TPSA) is 85.3 Å². The summed E-state index contributed by atoms with van der Waals surface area (Å²) in [6.07, 6.45) is 3.23. The van der Waals surface area contributed by atoms with Gasteiger partial charge in [0, 0.05) is 18.5 Å². The summed E-state index contributed by atoms with van der Waals surface area (Å²) in [5.41, 5.74) is 3.21. The molecule has 1 saturated heterocycles. The fourth-order valence-corrected chi connectivity index (χ4v) is 5.38. The van der Waals surface area contributed by atoms with Crippen molar-refractivity contribution in [1.82, 2.24) is 4.90 Å². The van der Waals surface area contributed by atoms with Gasteiger partial charge < -0.3 is 24.2 Å². The summed E-state index contributed by atoms with van der Waals surface area (Å²) in [4.78, 5) is 28.5. The van der Waals surface area contributed by atoms with E-state index in [9.17, 15) is 14.7 Å². The van der Waals surface area contributed by atoms with Crippen LogP contribution < -0.4 is 14.2 Å². The van der Waals surface area contributed by atoms with Crippen LogP contribution in [0, 0.1) is 0 Å². The molecule has 1 fully saturated rings. The van der Waals surface area contributed by atoms with Crippen LogP contribution in [0.3, 0.4) is 0 Å². The van der Waals surface area contributed by atoms with Crippen LogP contribution in [-0.2, 0) is 22.4 Å². The van der Waals surface area contributed by atoms with E-state index in [-0.39, 0.29) is 17.4 Å². The molecule has 7 heteroatoms. The lowest BCUT2D eigenvalue weighted by Crippen LogP contribution is -2.31. The first-order valence-corrected chi connectivity index (χ1v) is 13.8. The fourth-order valence-electron chi connectivity index (χ4n) is 5.38. The summed E-state index contributed by atoms with van der Waals surface area (Å²) in [6, 6.07) is 19.8. The first-order chi connectivity index (χ1) is 19.4. The first-order valence-electron chi connectivity index (χ1n) is 13.8. The number of ether oxygens (including phenoxy) is 3. The van der Waals surface area contributed by atoms with Gasteiger partial charge in [-0.15, -0.1) is 0 Å². The predicted octanol–water partition coefficient (Wildman–Crippen LogP) is 5.86. The van der Waals surface area contributed by atoms with Crippen LogP contribution in [0.1, 0.15) is 55.0 Å². The minimum atomic E-state index is -0.786. The molecule has 0 unspecified atom stereocenters. The molecular formula is C33H35NO6. The van der Waals surface area contributed by atoms with Crippen molar-refractivity contribution >= 4 is 17.4 Å². The number of carbonyl (C=O) groups excluding carboxylic acids is 2. The van der Waals surface area contributed by atoms with Crippen LogP contribution in [0.4, 0.5) is 0 Å². The van der Waals surface area contributed by atoms with Crippen LogP contribution in [-0.4, -0.2) is 48.1 Å². The maximum atomic E-state index is 13.5. The lowest BCUT2D eigenvalue weighted by molar-refractivity contribution is -0.139. The second-order valence-corrected chi connectivity index (χ2v) is 10.3. The molecule has 0 bridgehead atoms. The highest BCUT2D eigenvalue weighted by atomic mass is 16.5. The van der Waals surface area contributed by atoms with E-state index >= 15 is 0 Å². The molecule has 0 aromatic heterocycles. The third-order valence-electron chi connectivity index (χ3n) is 7.45. The Morgan fingerprint density at radius 3 is 2.60 bits per heavy atom. The van der Waals surface area contributed by atoms with E-state index in [1.54, 1.807) is 36.3 Å². The number of hydrogen-bond acceptors (Lipinski definition) is 6. The number of amides is 1. The number of aliphatic hydroxyl groups excluding tert-OH is 1. The Hall–Kier alpha value is -4.26. The number of rotatable bonds is 10. The first kappa shape index (κ1) is 27.3. The van der Waals surface area contributed by atoms with Crippen molar-refractivity contribution in [3.63, 3.8) is 0 Å². The Morgan fingerprint density at radius 1 is 1.05 bits per heavy atom. The van der Waals surface area contributed by atoms with Crippen LogP contribution in [0.2, 0.25) is 0 Å². The Bertz CT molecular complexity index is 1430. The van der Waals surface area contributed by atoms with Gasteiger partial charge in [-0.05, 0) is 66.8 Å². The van der Waals surface area contributed by atoms with Gasteiger partial charge in [0.15, 0.2) is 11.5 Å². The van der Waals surface area contributed by atoms with E-state index in [1.165, 1.54) is 0 Å².